The van der Waals surface area contributed by atoms with Gasteiger partial charge in [0.05, 0.1) is 16.7 Å². The molecule has 176 valence electrons. The molecule has 1 amide bonds. The van der Waals surface area contributed by atoms with Crippen molar-refractivity contribution in [3.8, 4) is 11.3 Å². The van der Waals surface area contributed by atoms with Gasteiger partial charge in [0.2, 0.25) is 10.0 Å². The minimum atomic E-state index is -3.86. The highest BCUT2D eigenvalue weighted by atomic mass is 35.5. The van der Waals surface area contributed by atoms with Gasteiger partial charge in [-0.25, -0.2) is 18.6 Å². The molecule has 34 heavy (non-hydrogen) atoms. The van der Waals surface area contributed by atoms with Crippen LogP contribution in [0.1, 0.15) is 29.0 Å². The average Bonchev–Trinajstić information content (AvgIpc) is 3.50. The predicted octanol–water partition coefficient (Wildman–Crippen LogP) is 3.60. The molecule has 0 aliphatic carbocycles. The molecule has 3 aromatic rings. The molecule has 2 heterocycles. The zero-order valence-corrected chi connectivity index (χ0v) is 19.3. The topological polar surface area (TPSA) is 129 Å². The molecule has 0 saturated carbocycles. The average molecular weight is 502 g/mol. The first kappa shape index (κ1) is 23.7. The van der Waals surface area contributed by atoms with Crippen LogP contribution in [0.4, 0.5) is 0 Å². The summed E-state index contributed by atoms with van der Waals surface area (Å²) in [6.07, 6.45) is 2.24. The number of hydrogen-bond donors (Lipinski definition) is 2. The molecular weight excluding hydrogens is 482 g/mol. The molecule has 2 N–H and O–H groups in total. The van der Waals surface area contributed by atoms with Crippen molar-refractivity contribution in [3.63, 3.8) is 0 Å². The van der Waals surface area contributed by atoms with Gasteiger partial charge in [0.1, 0.15) is 17.6 Å². The molecule has 1 aliphatic rings. The van der Waals surface area contributed by atoms with Gasteiger partial charge in [-0.1, -0.05) is 23.7 Å². The number of carbonyl (C=O) groups excluding carboxylic acids is 1. The lowest BCUT2D eigenvalue weighted by Gasteiger charge is -2.22. The van der Waals surface area contributed by atoms with Crippen LogP contribution < -0.4 is 5.43 Å². The fraction of sp³-hybridized carbons (Fsp3) is 0.174. The number of halogens is 1. The minimum absolute atomic E-state index is 0.0691. The van der Waals surface area contributed by atoms with Gasteiger partial charge in [-0.05, 0) is 61.4 Å². The molecule has 0 unspecified atom stereocenters. The lowest BCUT2D eigenvalue weighted by atomic mass is 10.1. The third kappa shape index (κ3) is 5.04. The van der Waals surface area contributed by atoms with Crippen molar-refractivity contribution in [1.82, 2.24) is 9.73 Å². The Bertz CT molecular complexity index is 1330. The van der Waals surface area contributed by atoms with E-state index in [1.807, 2.05) is 0 Å². The van der Waals surface area contributed by atoms with Gasteiger partial charge in [0.25, 0.3) is 5.91 Å². The summed E-state index contributed by atoms with van der Waals surface area (Å²) < 4.78 is 32.8. The number of aromatic carboxylic acids is 1. The van der Waals surface area contributed by atoms with Crippen molar-refractivity contribution in [3.05, 3.63) is 77.0 Å². The number of hydrogen-bond acceptors (Lipinski definition) is 6. The number of sulfonamides is 1. The maximum atomic E-state index is 13.0. The Kier molecular flexibility index (Phi) is 6.82. The van der Waals surface area contributed by atoms with E-state index in [9.17, 15) is 18.0 Å². The Labute approximate surface area is 200 Å². The lowest BCUT2D eigenvalue weighted by Crippen LogP contribution is -2.44. The molecule has 1 atom stereocenters. The Morgan fingerprint density at radius 2 is 1.79 bits per heavy atom. The van der Waals surface area contributed by atoms with Gasteiger partial charge >= 0.3 is 5.97 Å². The highest BCUT2D eigenvalue weighted by molar-refractivity contribution is 7.89. The molecular formula is C23H20ClN3O6S. The summed E-state index contributed by atoms with van der Waals surface area (Å²) in [6, 6.07) is 14.4. The van der Waals surface area contributed by atoms with Gasteiger partial charge < -0.3 is 9.52 Å². The molecule has 1 fully saturated rings. The number of furan rings is 1. The van der Waals surface area contributed by atoms with Crippen molar-refractivity contribution in [2.75, 3.05) is 6.54 Å². The summed E-state index contributed by atoms with van der Waals surface area (Å²) in [4.78, 5) is 23.7. The van der Waals surface area contributed by atoms with Crippen LogP contribution in [0.15, 0.2) is 75.1 Å². The van der Waals surface area contributed by atoms with Crippen LogP contribution in [0.3, 0.4) is 0 Å². The van der Waals surface area contributed by atoms with E-state index in [4.69, 9.17) is 21.1 Å². The summed E-state index contributed by atoms with van der Waals surface area (Å²) in [7, 11) is -3.86. The SMILES string of the molecule is O=C(O)c1ccc(-c2ccc(/C=N\NC(=O)[C@H]3CCCN3S(=O)(=O)c3ccc(Cl)cc3)o2)cc1. The van der Waals surface area contributed by atoms with E-state index in [0.717, 1.165) is 0 Å². The number of rotatable bonds is 7. The first-order valence-corrected chi connectivity index (χ1v) is 12.1. The highest BCUT2D eigenvalue weighted by Gasteiger charge is 2.39. The number of benzene rings is 2. The van der Waals surface area contributed by atoms with Gasteiger partial charge in [-0.3, -0.25) is 4.79 Å². The van der Waals surface area contributed by atoms with E-state index in [-0.39, 0.29) is 17.0 Å². The quantitative estimate of drug-likeness (QED) is 0.376. The van der Waals surface area contributed by atoms with Crippen LogP contribution in [0, 0.1) is 0 Å². The second kappa shape index (κ2) is 9.80. The molecule has 1 aromatic heterocycles. The molecule has 0 spiro atoms. The van der Waals surface area contributed by atoms with E-state index in [1.54, 1.807) is 24.3 Å². The molecule has 2 aromatic carbocycles. The van der Waals surface area contributed by atoms with E-state index >= 15 is 0 Å². The van der Waals surface area contributed by atoms with E-state index in [2.05, 4.69) is 10.5 Å². The number of nitrogens with one attached hydrogen (secondary N) is 1. The summed E-state index contributed by atoms with van der Waals surface area (Å²) in [5, 5.41) is 13.3. The third-order valence-corrected chi connectivity index (χ3v) is 7.51. The maximum absolute atomic E-state index is 13.0. The highest BCUT2D eigenvalue weighted by Crippen LogP contribution is 2.27. The van der Waals surface area contributed by atoms with E-state index in [1.165, 1.54) is 46.9 Å². The smallest absolute Gasteiger partial charge is 0.335 e. The van der Waals surface area contributed by atoms with Crippen molar-refractivity contribution < 1.29 is 27.5 Å². The van der Waals surface area contributed by atoms with Gasteiger partial charge in [-0.15, -0.1) is 0 Å². The van der Waals surface area contributed by atoms with Crippen LogP contribution in [0.25, 0.3) is 11.3 Å². The fourth-order valence-electron chi connectivity index (χ4n) is 3.62. The largest absolute Gasteiger partial charge is 0.478 e. The number of carboxylic acid groups (broad SMARTS) is 1. The normalized spacial score (nSPS) is 16.7. The molecule has 1 aliphatic heterocycles. The standard InChI is InChI=1S/C23H20ClN3O6S/c24-17-7-10-19(11-8-17)34(31,32)27-13-1-2-20(27)22(28)26-25-14-18-9-12-21(33-18)15-3-5-16(6-4-15)23(29)30/h3-12,14,20H,1-2,13H2,(H,26,28)(H,29,30)/b25-14-/t20-/m1/s1. The zero-order chi connectivity index (χ0) is 24.3. The molecule has 0 radical (unpaired) electrons. The lowest BCUT2D eigenvalue weighted by molar-refractivity contribution is -0.124. The van der Waals surface area contributed by atoms with Crippen molar-refractivity contribution in [1.29, 1.82) is 0 Å². The van der Waals surface area contributed by atoms with Crippen LogP contribution in [-0.2, 0) is 14.8 Å². The number of nitrogens with zero attached hydrogens (tertiary/aromatic N) is 2. The summed E-state index contributed by atoms with van der Waals surface area (Å²) in [5.74, 6) is -0.700. The molecule has 11 heteroatoms. The van der Waals surface area contributed by atoms with Crippen LogP contribution in [-0.4, -0.2) is 48.5 Å². The van der Waals surface area contributed by atoms with Crippen LogP contribution in [0.2, 0.25) is 5.02 Å². The van der Waals surface area contributed by atoms with Crippen molar-refractivity contribution >= 4 is 39.7 Å². The summed E-state index contributed by atoms with van der Waals surface area (Å²) in [5.41, 5.74) is 3.23. The Balaban J connectivity index is 1.41. The van der Waals surface area contributed by atoms with Crippen molar-refractivity contribution in [2.24, 2.45) is 5.10 Å². The fourth-order valence-corrected chi connectivity index (χ4v) is 5.40. The molecule has 1 saturated heterocycles. The summed E-state index contributed by atoms with van der Waals surface area (Å²) in [6.45, 7) is 0.231. The van der Waals surface area contributed by atoms with E-state index in [0.29, 0.717) is 34.9 Å². The molecule has 0 bridgehead atoms. The van der Waals surface area contributed by atoms with Gasteiger partial charge in [0.15, 0.2) is 0 Å². The number of hydrazone groups is 1. The summed E-state index contributed by atoms with van der Waals surface area (Å²) >= 11 is 5.84. The second-order valence-corrected chi connectivity index (χ2v) is 9.87. The zero-order valence-electron chi connectivity index (χ0n) is 17.7. The van der Waals surface area contributed by atoms with Crippen LogP contribution in [0.5, 0.6) is 0 Å². The number of amides is 1. The Morgan fingerprint density at radius 3 is 2.47 bits per heavy atom. The van der Waals surface area contributed by atoms with Gasteiger partial charge in [0, 0.05) is 17.1 Å². The van der Waals surface area contributed by atoms with Crippen molar-refractivity contribution in [2.45, 2.75) is 23.8 Å². The number of carbonyl (C=O) groups is 2. The molecule has 4 rings (SSSR count). The first-order chi connectivity index (χ1) is 16.3. The number of carboxylic acids is 1. The second-order valence-electron chi connectivity index (χ2n) is 7.55. The minimum Gasteiger partial charge on any atom is -0.478 e. The first-order valence-electron chi connectivity index (χ1n) is 10.3. The third-order valence-electron chi connectivity index (χ3n) is 5.34. The monoisotopic (exact) mass is 501 g/mol. The molecule has 9 nitrogen and oxygen atoms in total. The van der Waals surface area contributed by atoms with Gasteiger partial charge in [-0.2, -0.15) is 9.41 Å². The Morgan fingerprint density at radius 1 is 1.09 bits per heavy atom. The Hall–Kier alpha value is -3.47. The van der Waals surface area contributed by atoms with E-state index < -0.39 is 27.9 Å². The predicted molar refractivity (Wildman–Crippen MR) is 125 cm³/mol. The maximum Gasteiger partial charge on any atom is 0.335 e. The van der Waals surface area contributed by atoms with Crippen LogP contribution >= 0.6 is 11.6 Å².